The highest BCUT2D eigenvalue weighted by Crippen LogP contribution is 2.34. The van der Waals surface area contributed by atoms with E-state index in [1.807, 2.05) is 24.3 Å². The molecule has 1 aromatic carbocycles. The predicted octanol–water partition coefficient (Wildman–Crippen LogP) is 3.07. The molecule has 0 saturated carbocycles. The van der Waals surface area contributed by atoms with Crippen LogP contribution in [0.1, 0.15) is 34.7 Å². The van der Waals surface area contributed by atoms with Crippen LogP contribution in [0.4, 0.5) is 0 Å². The lowest BCUT2D eigenvalue weighted by molar-refractivity contribution is -0.118. The second-order valence-corrected chi connectivity index (χ2v) is 8.06. The highest BCUT2D eigenvalue weighted by molar-refractivity contribution is 7.18. The predicted molar refractivity (Wildman–Crippen MR) is 104 cm³/mol. The van der Waals surface area contributed by atoms with Crippen molar-refractivity contribution < 1.29 is 4.79 Å². The standard InChI is InChI=1S/C19H18ClN3O2S/c20-12-6-4-11(5-7-12)10-16-22-18-17(13-2-1-3-14(13)26-18)19(25)23(16)9-8-15(21)24/h4-7H,1-3,8-10H2,(H2,21,24). The molecule has 0 aliphatic heterocycles. The smallest absolute Gasteiger partial charge is 0.262 e. The third-order valence-electron chi connectivity index (χ3n) is 4.76. The van der Waals surface area contributed by atoms with Gasteiger partial charge < -0.3 is 5.73 Å². The lowest BCUT2D eigenvalue weighted by Crippen LogP contribution is -2.28. The van der Waals surface area contributed by atoms with Crippen molar-refractivity contribution in [2.45, 2.75) is 38.6 Å². The topological polar surface area (TPSA) is 78.0 Å². The number of rotatable bonds is 5. The van der Waals surface area contributed by atoms with Crippen LogP contribution < -0.4 is 11.3 Å². The summed E-state index contributed by atoms with van der Waals surface area (Å²) in [6.07, 6.45) is 3.66. The minimum Gasteiger partial charge on any atom is -0.370 e. The van der Waals surface area contributed by atoms with Crippen LogP contribution >= 0.6 is 22.9 Å². The molecule has 26 heavy (non-hydrogen) atoms. The van der Waals surface area contributed by atoms with Crippen molar-refractivity contribution in [1.29, 1.82) is 0 Å². The molecular formula is C19H18ClN3O2S. The number of nitrogens with zero attached hydrogens (tertiary/aromatic N) is 2. The number of hydrogen-bond donors (Lipinski definition) is 1. The van der Waals surface area contributed by atoms with E-state index >= 15 is 0 Å². The minimum absolute atomic E-state index is 0.0559. The number of aryl methyl sites for hydroxylation is 2. The van der Waals surface area contributed by atoms with Gasteiger partial charge in [-0.15, -0.1) is 11.3 Å². The van der Waals surface area contributed by atoms with Gasteiger partial charge in [0.25, 0.3) is 5.56 Å². The van der Waals surface area contributed by atoms with Crippen molar-refractivity contribution in [3.05, 3.63) is 61.5 Å². The Hall–Kier alpha value is -2.18. The van der Waals surface area contributed by atoms with E-state index in [9.17, 15) is 9.59 Å². The van der Waals surface area contributed by atoms with Crippen LogP contribution in [0.5, 0.6) is 0 Å². The average molecular weight is 388 g/mol. The van der Waals surface area contributed by atoms with Crippen molar-refractivity contribution in [2.24, 2.45) is 5.73 Å². The number of carbonyl (C=O) groups is 1. The van der Waals surface area contributed by atoms with Gasteiger partial charge in [-0.25, -0.2) is 4.98 Å². The van der Waals surface area contributed by atoms with Crippen LogP contribution in [0, 0.1) is 0 Å². The molecule has 2 N–H and O–H groups in total. The summed E-state index contributed by atoms with van der Waals surface area (Å²) in [5.41, 5.74) is 7.41. The minimum atomic E-state index is -0.426. The molecule has 5 nitrogen and oxygen atoms in total. The maximum absolute atomic E-state index is 13.2. The first-order valence-corrected chi connectivity index (χ1v) is 9.79. The number of amides is 1. The normalized spacial score (nSPS) is 13.3. The number of halogens is 1. The van der Waals surface area contributed by atoms with Crippen molar-refractivity contribution in [2.75, 3.05) is 0 Å². The molecule has 0 radical (unpaired) electrons. The van der Waals surface area contributed by atoms with Gasteiger partial charge in [-0.2, -0.15) is 0 Å². The highest BCUT2D eigenvalue weighted by atomic mass is 35.5. The maximum atomic E-state index is 13.2. The van der Waals surface area contributed by atoms with Gasteiger partial charge in [0.15, 0.2) is 0 Å². The van der Waals surface area contributed by atoms with Gasteiger partial charge in [-0.05, 0) is 42.5 Å². The van der Waals surface area contributed by atoms with Crippen LogP contribution in [-0.4, -0.2) is 15.5 Å². The van der Waals surface area contributed by atoms with E-state index in [0.29, 0.717) is 17.3 Å². The van der Waals surface area contributed by atoms with Crippen LogP contribution in [0.25, 0.3) is 10.2 Å². The summed E-state index contributed by atoms with van der Waals surface area (Å²) in [5.74, 6) is 0.232. The average Bonchev–Trinajstić information content (AvgIpc) is 3.16. The molecule has 0 bridgehead atoms. The van der Waals surface area contributed by atoms with Crippen LogP contribution in [-0.2, 0) is 30.6 Å². The molecule has 0 fully saturated rings. The van der Waals surface area contributed by atoms with E-state index < -0.39 is 5.91 Å². The Bertz CT molecular complexity index is 1050. The Morgan fingerprint density at radius 3 is 2.77 bits per heavy atom. The van der Waals surface area contributed by atoms with Crippen LogP contribution in [0.2, 0.25) is 5.02 Å². The first kappa shape index (κ1) is 17.2. The molecule has 1 amide bonds. The van der Waals surface area contributed by atoms with Crippen molar-refractivity contribution >= 4 is 39.1 Å². The Balaban J connectivity index is 1.83. The summed E-state index contributed by atoms with van der Waals surface area (Å²) in [4.78, 5) is 31.3. The summed E-state index contributed by atoms with van der Waals surface area (Å²) < 4.78 is 1.62. The third-order valence-corrected chi connectivity index (χ3v) is 6.20. The fourth-order valence-corrected chi connectivity index (χ4v) is 4.89. The van der Waals surface area contributed by atoms with E-state index in [2.05, 4.69) is 0 Å². The van der Waals surface area contributed by atoms with E-state index in [1.54, 1.807) is 15.9 Å². The van der Waals surface area contributed by atoms with Crippen molar-refractivity contribution in [3.8, 4) is 0 Å². The number of benzene rings is 1. The zero-order valence-corrected chi connectivity index (χ0v) is 15.7. The monoisotopic (exact) mass is 387 g/mol. The molecule has 2 aromatic heterocycles. The molecule has 2 heterocycles. The molecule has 3 aromatic rings. The lowest BCUT2D eigenvalue weighted by Gasteiger charge is -2.12. The van der Waals surface area contributed by atoms with E-state index in [4.69, 9.17) is 22.3 Å². The molecule has 7 heteroatoms. The van der Waals surface area contributed by atoms with E-state index in [1.165, 1.54) is 4.88 Å². The summed E-state index contributed by atoms with van der Waals surface area (Å²) in [5, 5.41) is 1.39. The van der Waals surface area contributed by atoms with Crippen molar-refractivity contribution in [3.63, 3.8) is 0 Å². The van der Waals surface area contributed by atoms with Crippen LogP contribution in [0.3, 0.4) is 0 Å². The van der Waals surface area contributed by atoms with Crippen LogP contribution in [0.15, 0.2) is 29.1 Å². The van der Waals surface area contributed by atoms with E-state index in [0.717, 1.165) is 40.6 Å². The number of carbonyl (C=O) groups excluding carboxylic acids is 1. The molecule has 1 aliphatic carbocycles. The van der Waals surface area contributed by atoms with Gasteiger partial charge in [-0.3, -0.25) is 14.2 Å². The second kappa shape index (κ2) is 6.85. The Labute approximate surface area is 159 Å². The largest absolute Gasteiger partial charge is 0.370 e. The van der Waals surface area contributed by atoms with Gasteiger partial charge in [0.05, 0.1) is 5.39 Å². The third kappa shape index (κ3) is 3.15. The van der Waals surface area contributed by atoms with Gasteiger partial charge in [0, 0.05) is 29.3 Å². The lowest BCUT2D eigenvalue weighted by atomic mass is 10.1. The molecule has 0 spiro atoms. The summed E-state index contributed by atoms with van der Waals surface area (Å²) in [7, 11) is 0. The molecular weight excluding hydrogens is 370 g/mol. The Kier molecular flexibility index (Phi) is 4.54. The second-order valence-electron chi connectivity index (χ2n) is 6.54. The molecule has 134 valence electrons. The summed E-state index contributed by atoms with van der Waals surface area (Å²) in [6, 6.07) is 7.49. The summed E-state index contributed by atoms with van der Waals surface area (Å²) in [6.45, 7) is 0.255. The fraction of sp³-hybridized carbons (Fsp3) is 0.316. The summed E-state index contributed by atoms with van der Waals surface area (Å²) >= 11 is 7.58. The SMILES string of the molecule is NC(=O)CCn1c(Cc2ccc(Cl)cc2)nc2sc3c(c2c1=O)CCC3. The first-order chi connectivity index (χ1) is 12.5. The van der Waals surface area contributed by atoms with Gasteiger partial charge >= 0.3 is 0 Å². The zero-order valence-electron chi connectivity index (χ0n) is 14.1. The van der Waals surface area contributed by atoms with Crippen molar-refractivity contribution in [1.82, 2.24) is 9.55 Å². The number of aromatic nitrogens is 2. The molecule has 0 unspecified atom stereocenters. The Morgan fingerprint density at radius 2 is 2.04 bits per heavy atom. The molecule has 0 saturated heterocycles. The zero-order chi connectivity index (χ0) is 18.3. The molecule has 4 rings (SSSR count). The number of nitrogens with two attached hydrogens (primary N) is 1. The number of hydrogen-bond acceptors (Lipinski definition) is 4. The van der Waals surface area contributed by atoms with Gasteiger partial charge in [0.1, 0.15) is 10.7 Å². The molecule has 1 aliphatic rings. The fourth-order valence-electron chi connectivity index (χ4n) is 3.49. The highest BCUT2D eigenvalue weighted by Gasteiger charge is 2.23. The van der Waals surface area contributed by atoms with E-state index in [-0.39, 0.29) is 18.5 Å². The quantitative estimate of drug-likeness (QED) is 0.730. The maximum Gasteiger partial charge on any atom is 0.262 e. The van der Waals surface area contributed by atoms with Gasteiger partial charge in [-0.1, -0.05) is 23.7 Å². The van der Waals surface area contributed by atoms with Gasteiger partial charge in [0.2, 0.25) is 5.91 Å². The number of thiophene rings is 1. The first-order valence-electron chi connectivity index (χ1n) is 8.59. The number of primary amides is 1. The number of fused-ring (bicyclic) bond motifs is 3. The Morgan fingerprint density at radius 1 is 1.27 bits per heavy atom. The molecule has 0 atom stereocenters.